The second kappa shape index (κ2) is 9.49. The highest BCUT2D eigenvalue weighted by atomic mass is 16.5. The quantitative estimate of drug-likeness (QED) is 0.234. The van der Waals surface area contributed by atoms with Crippen LogP contribution in [0.15, 0.2) is 57.1 Å². The molecule has 12 heteroatoms. The number of benzene rings is 1. The van der Waals surface area contributed by atoms with Crippen molar-refractivity contribution in [1.29, 1.82) is 0 Å². The molecule has 0 saturated heterocycles. The fourth-order valence-electron chi connectivity index (χ4n) is 3.53. The minimum Gasteiger partial charge on any atom is -0.468 e. The number of amides is 1. The smallest absolute Gasteiger partial charge is 0.323 e. The summed E-state index contributed by atoms with van der Waals surface area (Å²) in [5.74, 6) is -2.67. The summed E-state index contributed by atoms with van der Waals surface area (Å²) >= 11 is 0. The van der Waals surface area contributed by atoms with E-state index < -0.39 is 46.2 Å². The summed E-state index contributed by atoms with van der Waals surface area (Å²) < 4.78 is 9.70. The first-order chi connectivity index (χ1) is 16.4. The number of anilines is 1. The van der Waals surface area contributed by atoms with E-state index >= 15 is 0 Å². The molecule has 0 radical (unpaired) electrons. The number of fused-ring (bicyclic) bond motifs is 1. The van der Waals surface area contributed by atoms with Gasteiger partial charge in [-0.05, 0) is 45.0 Å². The lowest BCUT2D eigenvalue weighted by Gasteiger charge is -2.31. The van der Waals surface area contributed by atoms with Gasteiger partial charge < -0.3 is 24.8 Å². The number of carbonyl (C=O) groups is 4. The number of nitrogens with one attached hydrogen (secondary N) is 3. The number of methoxy groups -OCH3 is 2. The highest BCUT2D eigenvalue weighted by molar-refractivity contribution is 6.10. The van der Waals surface area contributed by atoms with Crippen LogP contribution in [-0.4, -0.2) is 53.9 Å². The van der Waals surface area contributed by atoms with Gasteiger partial charge >= 0.3 is 17.6 Å². The summed E-state index contributed by atoms with van der Waals surface area (Å²) in [7, 11) is 2.42. The van der Waals surface area contributed by atoms with Gasteiger partial charge in [-0.15, -0.1) is 0 Å². The lowest BCUT2D eigenvalue weighted by atomic mass is 9.74. The maximum Gasteiger partial charge on any atom is 0.323 e. The molecule has 0 bridgehead atoms. The van der Waals surface area contributed by atoms with E-state index in [1.165, 1.54) is 52.4 Å². The number of esters is 2. The van der Waals surface area contributed by atoms with Gasteiger partial charge in [-0.25, -0.2) is 4.79 Å². The Morgan fingerprint density at radius 2 is 1.66 bits per heavy atom. The fraction of sp³-hybridized carbons (Fsp3) is 0.348. The van der Waals surface area contributed by atoms with Crippen LogP contribution in [-0.2, 0) is 28.7 Å². The van der Waals surface area contributed by atoms with Gasteiger partial charge in [-0.2, -0.15) is 10.2 Å². The minimum absolute atomic E-state index is 0.00474. The number of aromatic nitrogens is 2. The Morgan fingerprint density at radius 3 is 2.29 bits per heavy atom. The van der Waals surface area contributed by atoms with Gasteiger partial charge in [-0.3, -0.25) is 19.2 Å². The van der Waals surface area contributed by atoms with Crippen molar-refractivity contribution in [3.63, 3.8) is 0 Å². The summed E-state index contributed by atoms with van der Waals surface area (Å²) in [6, 6.07) is 3.10. The van der Waals surface area contributed by atoms with Crippen molar-refractivity contribution >= 4 is 40.3 Å². The molecule has 3 atom stereocenters. The molecular formula is C23H25N5O7. The number of H-pyrrole nitrogens is 2. The first-order valence-electron chi connectivity index (χ1n) is 10.5. The zero-order chi connectivity index (χ0) is 26.0. The molecule has 0 spiro atoms. The maximum absolute atomic E-state index is 12.8. The molecule has 0 saturated carbocycles. The molecule has 1 aromatic heterocycles. The third-order valence-corrected chi connectivity index (χ3v) is 5.66. The third kappa shape index (κ3) is 4.95. The van der Waals surface area contributed by atoms with Crippen LogP contribution in [0.2, 0.25) is 0 Å². The largest absolute Gasteiger partial charge is 0.468 e. The number of Topliss-reactive ketones (excluding diaryl/α,β-unsaturated/α-hetero) is 1. The number of hydrogen-bond donors (Lipinski definition) is 3. The van der Waals surface area contributed by atoms with E-state index in [9.17, 15) is 24.0 Å². The molecule has 1 aliphatic rings. The van der Waals surface area contributed by atoms with E-state index in [-0.39, 0.29) is 5.70 Å². The molecule has 1 aliphatic carbocycles. The van der Waals surface area contributed by atoms with Gasteiger partial charge in [-0.1, -0.05) is 12.2 Å². The molecule has 0 aliphatic heterocycles. The third-order valence-electron chi connectivity index (χ3n) is 5.66. The number of aromatic amines is 2. The van der Waals surface area contributed by atoms with Crippen molar-refractivity contribution in [2.75, 3.05) is 19.5 Å². The predicted molar refractivity (Wildman–Crippen MR) is 124 cm³/mol. The van der Waals surface area contributed by atoms with Crippen molar-refractivity contribution in [2.24, 2.45) is 21.1 Å². The van der Waals surface area contributed by atoms with Crippen molar-refractivity contribution in [1.82, 2.24) is 9.97 Å². The molecule has 184 valence electrons. The van der Waals surface area contributed by atoms with Gasteiger partial charge in [0.1, 0.15) is 10.8 Å². The van der Waals surface area contributed by atoms with E-state index in [4.69, 9.17) is 9.47 Å². The van der Waals surface area contributed by atoms with Gasteiger partial charge in [0.25, 0.3) is 5.91 Å². The van der Waals surface area contributed by atoms with Crippen LogP contribution in [0.5, 0.6) is 0 Å². The van der Waals surface area contributed by atoms with E-state index in [0.717, 1.165) is 0 Å². The first-order valence-corrected chi connectivity index (χ1v) is 10.5. The second-order valence-electron chi connectivity index (χ2n) is 8.39. The summed E-state index contributed by atoms with van der Waals surface area (Å²) in [6.45, 7) is 4.23. The number of rotatable bonds is 7. The number of hydrogen-bond acceptors (Lipinski definition) is 9. The highest BCUT2D eigenvalue weighted by Gasteiger charge is 2.44. The van der Waals surface area contributed by atoms with Crippen LogP contribution in [0.1, 0.15) is 20.8 Å². The monoisotopic (exact) mass is 483 g/mol. The van der Waals surface area contributed by atoms with Crippen molar-refractivity contribution < 1.29 is 28.7 Å². The molecule has 1 aromatic carbocycles. The SMILES string of the molecule is COC(=O)C1(C)C=CC(C)(C(=O)OC)C(N=NC(C(C)=O)C(=O)Nc2ccc3[nH]c(=O)[nH]c3c2)=C1. The Hall–Kier alpha value is -4.35. The van der Waals surface area contributed by atoms with Crippen molar-refractivity contribution in [3.05, 3.63) is 52.6 Å². The topological polar surface area (TPSA) is 172 Å². The fourth-order valence-corrected chi connectivity index (χ4v) is 3.53. The van der Waals surface area contributed by atoms with E-state index in [2.05, 4.69) is 25.5 Å². The Kier molecular flexibility index (Phi) is 6.85. The number of nitrogens with zero attached hydrogens (tertiary/aromatic N) is 2. The summed E-state index contributed by atoms with van der Waals surface area (Å²) in [6.07, 6.45) is 4.32. The standard InChI is InChI=1S/C23H25N5O7/c1-12(29)17(18(30)24-13-6-7-14-15(10-13)26-21(33)25-14)28-27-16-11-22(2,19(31)34-4)8-9-23(16,3)20(32)35-5/h6-11,17H,1-5H3,(H,24,30)(H2,25,26,33). The van der Waals surface area contributed by atoms with E-state index in [1.807, 2.05) is 0 Å². The molecule has 0 fully saturated rings. The summed E-state index contributed by atoms with van der Waals surface area (Å²) in [4.78, 5) is 66.5. The van der Waals surface area contributed by atoms with Crippen LogP contribution in [0.25, 0.3) is 11.0 Å². The minimum atomic E-state index is -1.55. The Morgan fingerprint density at radius 1 is 1.00 bits per heavy atom. The molecule has 1 amide bonds. The Balaban J connectivity index is 1.93. The summed E-state index contributed by atoms with van der Waals surface area (Å²) in [5.41, 5.74) is -1.75. The molecule has 35 heavy (non-hydrogen) atoms. The lowest BCUT2D eigenvalue weighted by Crippen LogP contribution is -2.36. The van der Waals surface area contributed by atoms with E-state index in [0.29, 0.717) is 16.7 Å². The molecule has 3 unspecified atom stereocenters. The molecule has 2 aromatic rings. The Bertz CT molecular complexity index is 1350. The van der Waals surface area contributed by atoms with Crippen molar-refractivity contribution in [3.8, 4) is 0 Å². The molecule has 1 heterocycles. The van der Waals surface area contributed by atoms with Crippen LogP contribution in [0, 0.1) is 10.8 Å². The van der Waals surface area contributed by atoms with Crippen LogP contribution >= 0.6 is 0 Å². The molecular weight excluding hydrogens is 458 g/mol. The van der Waals surface area contributed by atoms with Crippen LogP contribution < -0.4 is 11.0 Å². The number of ether oxygens (including phenoxy) is 2. The van der Waals surface area contributed by atoms with E-state index in [1.54, 1.807) is 19.1 Å². The second-order valence-corrected chi connectivity index (χ2v) is 8.39. The molecule has 3 N–H and O–H groups in total. The number of azo groups is 1. The van der Waals surface area contributed by atoms with Crippen LogP contribution in [0.3, 0.4) is 0 Å². The number of ketones is 1. The average Bonchev–Trinajstić information content (AvgIpc) is 3.19. The normalized spacial score (nSPS) is 22.5. The van der Waals surface area contributed by atoms with Crippen molar-refractivity contribution in [2.45, 2.75) is 26.8 Å². The molecule has 3 rings (SSSR count). The zero-order valence-electron chi connectivity index (χ0n) is 19.8. The van der Waals surface area contributed by atoms with Gasteiger partial charge in [0.15, 0.2) is 5.78 Å². The predicted octanol–water partition coefficient (Wildman–Crippen LogP) is 2.02. The average molecular weight is 483 g/mol. The van der Waals surface area contributed by atoms with Gasteiger partial charge in [0.2, 0.25) is 6.04 Å². The lowest BCUT2D eigenvalue weighted by molar-refractivity contribution is -0.149. The number of imidazole rings is 1. The zero-order valence-corrected chi connectivity index (χ0v) is 19.8. The highest BCUT2D eigenvalue weighted by Crippen LogP contribution is 2.41. The molecule has 12 nitrogen and oxygen atoms in total. The Labute approximate surface area is 199 Å². The first kappa shape index (κ1) is 25.3. The van der Waals surface area contributed by atoms with Crippen LogP contribution in [0.4, 0.5) is 5.69 Å². The van der Waals surface area contributed by atoms with Gasteiger partial charge in [0, 0.05) is 5.69 Å². The summed E-state index contributed by atoms with van der Waals surface area (Å²) in [5, 5.41) is 10.5. The maximum atomic E-state index is 12.8. The number of carbonyl (C=O) groups excluding carboxylic acids is 4. The van der Waals surface area contributed by atoms with Gasteiger partial charge in [0.05, 0.1) is 31.0 Å².